The van der Waals surface area contributed by atoms with E-state index in [0.29, 0.717) is 6.54 Å². The van der Waals surface area contributed by atoms with Crippen molar-refractivity contribution in [3.63, 3.8) is 0 Å². The van der Waals surface area contributed by atoms with E-state index < -0.39 is 11.9 Å². The molecule has 3 rings (SSSR count). The maximum atomic E-state index is 12.2. The molecule has 0 saturated carbocycles. The zero-order valence-corrected chi connectivity index (χ0v) is 14.9. The van der Waals surface area contributed by atoms with Crippen LogP contribution in [-0.4, -0.2) is 35.7 Å². The second-order valence-electron chi connectivity index (χ2n) is 6.90. The number of rotatable bonds is 6. The van der Waals surface area contributed by atoms with E-state index in [4.69, 9.17) is 9.47 Å². The summed E-state index contributed by atoms with van der Waals surface area (Å²) in [7, 11) is 0. The van der Waals surface area contributed by atoms with E-state index >= 15 is 0 Å². The van der Waals surface area contributed by atoms with Gasteiger partial charge in [-0.25, -0.2) is 0 Å². The molecular weight excluding hydrogens is 314 g/mol. The number of hydrogen-bond acceptors (Lipinski definition) is 4. The van der Waals surface area contributed by atoms with Crippen molar-refractivity contribution in [1.29, 1.82) is 0 Å². The van der Waals surface area contributed by atoms with Crippen LogP contribution in [0.4, 0.5) is 0 Å². The Morgan fingerprint density at radius 1 is 0.960 bits per heavy atom. The predicted molar refractivity (Wildman–Crippen MR) is 96.9 cm³/mol. The normalized spacial score (nSPS) is 20.0. The number of Topliss-reactive ketones (excluding diaryl/α,β-unsaturated/α-hetero) is 1. The Bertz CT molecular complexity index is 643. The van der Waals surface area contributed by atoms with E-state index in [1.165, 1.54) is 11.1 Å². The lowest BCUT2D eigenvalue weighted by atomic mass is 10.1. The maximum absolute atomic E-state index is 12.2. The van der Waals surface area contributed by atoms with Crippen LogP contribution in [0.1, 0.15) is 25.0 Å². The number of carbonyl (C=O) groups excluding carboxylic acids is 1. The highest BCUT2D eigenvalue weighted by Crippen LogP contribution is 2.22. The summed E-state index contributed by atoms with van der Waals surface area (Å²) in [6.07, 6.45) is -0.462. The fourth-order valence-electron chi connectivity index (χ4n) is 3.02. The number of carbonyl (C=O) groups is 1. The van der Waals surface area contributed by atoms with Gasteiger partial charge < -0.3 is 9.47 Å². The summed E-state index contributed by atoms with van der Waals surface area (Å²) >= 11 is 0. The summed E-state index contributed by atoms with van der Waals surface area (Å²) in [4.78, 5) is 14.5. The topological polar surface area (TPSA) is 38.8 Å². The lowest BCUT2D eigenvalue weighted by molar-refractivity contribution is -0.260. The van der Waals surface area contributed by atoms with Crippen LogP contribution in [0.3, 0.4) is 0 Å². The molecule has 0 bridgehead atoms. The fourth-order valence-corrected chi connectivity index (χ4v) is 3.02. The van der Waals surface area contributed by atoms with Gasteiger partial charge in [0.05, 0.1) is 0 Å². The van der Waals surface area contributed by atoms with Crippen LogP contribution in [0.25, 0.3) is 0 Å². The van der Waals surface area contributed by atoms with Gasteiger partial charge in [0, 0.05) is 19.6 Å². The molecule has 1 aliphatic heterocycles. The molecule has 0 aliphatic carbocycles. The van der Waals surface area contributed by atoms with Crippen LogP contribution in [0, 0.1) is 0 Å². The van der Waals surface area contributed by atoms with E-state index in [9.17, 15) is 4.79 Å². The average molecular weight is 339 g/mol. The summed E-state index contributed by atoms with van der Waals surface area (Å²) in [6, 6.07) is 20.6. The summed E-state index contributed by atoms with van der Waals surface area (Å²) < 4.78 is 11.3. The zero-order chi connectivity index (χ0) is 17.7. The highest BCUT2D eigenvalue weighted by Gasteiger charge is 2.36. The molecule has 4 heteroatoms. The number of ether oxygens (including phenoxy) is 2. The molecule has 0 spiro atoms. The standard InChI is InChI=1S/C21H25NO3/c1-21(2)24-16-19(23)20(25-21)15-22(13-17-9-5-3-6-10-17)14-18-11-7-4-8-12-18/h3-12,20H,13-16H2,1-2H3. The summed E-state index contributed by atoms with van der Waals surface area (Å²) in [5.74, 6) is -0.713. The highest BCUT2D eigenvalue weighted by atomic mass is 16.7. The lowest BCUT2D eigenvalue weighted by Crippen LogP contribution is -2.50. The second kappa shape index (κ2) is 7.91. The molecule has 2 aromatic rings. The van der Waals surface area contributed by atoms with Crippen LogP contribution < -0.4 is 0 Å². The molecule has 0 amide bonds. The minimum atomic E-state index is -0.719. The van der Waals surface area contributed by atoms with Crippen LogP contribution in [0.5, 0.6) is 0 Å². The van der Waals surface area contributed by atoms with Crippen LogP contribution in [0.2, 0.25) is 0 Å². The first-order valence-electron chi connectivity index (χ1n) is 8.66. The van der Waals surface area contributed by atoms with Crippen molar-refractivity contribution in [3.05, 3.63) is 71.8 Å². The van der Waals surface area contributed by atoms with Crippen LogP contribution in [0.15, 0.2) is 60.7 Å². The van der Waals surface area contributed by atoms with E-state index in [0.717, 1.165) is 13.1 Å². The average Bonchev–Trinajstić information content (AvgIpc) is 2.60. The van der Waals surface area contributed by atoms with Gasteiger partial charge in [0.15, 0.2) is 11.6 Å². The first-order valence-corrected chi connectivity index (χ1v) is 8.66. The SMILES string of the molecule is CC1(C)OCC(=O)C(CN(Cc2ccccc2)Cc2ccccc2)O1. The lowest BCUT2D eigenvalue weighted by Gasteiger charge is -2.37. The van der Waals surface area contributed by atoms with Crippen molar-refractivity contribution >= 4 is 5.78 Å². The molecule has 1 unspecified atom stereocenters. The highest BCUT2D eigenvalue weighted by molar-refractivity contribution is 5.85. The third-order valence-electron chi connectivity index (χ3n) is 4.27. The molecule has 1 saturated heterocycles. The summed E-state index contributed by atoms with van der Waals surface area (Å²) in [5.41, 5.74) is 2.44. The van der Waals surface area contributed by atoms with E-state index in [2.05, 4.69) is 29.2 Å². The van der Waals surface area contributed by atoms with Crippen molar-refractivity contribution < 1.29 is 14.3 Å². The van der Waals surface area contributed by atoms with Gasteiger partial charge >= 0.3 is 0 Å². The second-order valence-corrected chi connectivity index (χ2v) is 6.90. The Morgan fingerprint density at radius 2 is 1.48 bits per heavy atom. The van der Waals surface area contributed by atoms with Crippen molar-refractivity contribution in [2.24, 2.45) is 0 Å². The maximum Gasteiger partial charge on any atom is 0.188 e. The molecule has 132 valence electrons. The van der Waals surface area contributed by atoms with Crippen molar-refractivity contribution in [2.45, 2.75) is 38.8 Å². The molecule has 0 N–H and O–H groups in total. The van der Waals surface area contributed by atoms with Gasteiger partial charge in [-0.15, -0.1) is 0 Å². The Kier molecular flexibility index (Phi) is 5.63. The molecule has 1 fully saturated rings. The van der Waals surface area contributed by atoms with Gasteiger partial charge in [-0.1, -0.05) is 60.7 Å². The largest absolute Gasteiger partial charge is 0.343 e. The predicted octanol–water partition coefficient (Wildman–Crippen LogP) is 3.41. The monoisotopic (exact) mass is 339 g/mol. The van der Waals surface area contributed by atoms with Gasteiger partial charge in [0.1, 0.15) is 12.7 Å². The smallest absolute Gasteiger partial charge is 0.188 e. The molecule has 0 aromatic heterocycles. The summed E-state index contributed by atoms with van der Waals surface area (Å²) in [5, 5.41) is 0. The third-order valence-corrected chi connectivity index (χ3v) is 4.27. The first kappa shape index (κ1) is 17.8. The van der Waals surface area contributed by atoms with E-state index in [-0.39, 0.29) is 12.4 Å². The third kappa shape index (κ3) is 5.23. The Labute approximate surface area is 149 Å². The van der Waals surface area contributed by atoms with Gasteiger partial charge in [0.2, 0.25) is 0 Å². The first-order chi connectivity index (χ1) is 12.0. The fraction of sp³-hybridized carbons (Fsp3) is 0.381. The molecule has 2 aromatic carbocycles. The molecule has 0 radical (unpaired) electrons. The van der Waals surface area contributed by atoms with Crippen molar-refractivity contribution in [1.82, 2.24) is 4.90 Å². The molecule has 1 aliphatic rings. The Hall–Kier alpha value is -2.01. The van der Waals surface area contributed by atoms with Crippen LogP contribution >= 0.6 is 0 Å². The van der Waals surface area contributed by atoms with Crippen molar-refractivity contribution in [3.8, 4) is 0 Å². The molecular formula is C21H25NO3. The molecule has 4 nitrogen and oxygen atoms in total. The number of nitrogens with zero attached hydrogens (tertiary/aromatic N) is 1. The van der Waals surface area contributed by atoms with Gasteiger partial charge in [-0.05, 0) is 25.0 Å². The quantitative estimate of drug-likeness (QED) is 0.808. The van der Waals surface area contributed by atoms with Crippen molar-refractivity contribution in [2.75, 3.05) is 13.2 Å². The number of ketones is 1. The van der Waals surface area contributed by atoms with Gasteiger partial charge in [-0.2, -0.15) is 0 Å². The molecule has 1 atom stereocenters. The van der Waals surface area contributed by atoms with E-state index in [1.54, 1.807) is 0 Å². The number of hydrogen-bond donors (Lipinski definition) is 0. The Morgan fingerprint density at radius 3 is 2.00 bits per heavy atom. The van der Waals surface area contributed by atoms with Gasteiger partial charge in [0.25, 0.3) is 0 Å². The minimum absolute atomic E-state index is 0.00504. The van der Waals surface area contributed by atoms with E-state index in [1.807, 2.05) is 50.2 Å². The summed E-state index contributed by atoms with van der Waals surface area (Å²) in [6.45, 7) is 5.91. The van der Waals surface area contributed by atoms with Crippen LogP contribution in [-0.2, 0) is 27.4 Å². The Balaban J connectivity index is 1.74. The zero-order valence-electron chi connectivity index (χ0n) is 14.9. The molecule has 25 heavy (non-hydrogen) atoms. The number of benzene rings is 2. The van der Waals surface area contributed by atoms with Gasteiger partial charge in [-0.3, -0.25) is 9.69 Å². The molecule has 1 heterocycles. The minimum Gasteiger partial charge on any atom is -0.343 e.